The van der Waals surface area contributed by atoms with Gasteiger partial charge in [0, 0.05) is 11.6 Å². The first-order valence-electron chi connectivity index (χ1n) is 5.75. The molecule has 0 spiro atoms. The minimum absolute atomic E-state index is 0.0407. The van der Waals surface area contributed by atoms with Crippen LogP contribution in [0.25, 0.3) is 0 Å². The highest BCUT2D eigenvalue weighted by Crippen LogP contribution is 2.17. The van der Waals surface area contributed by atoms with Gasteiger partial charge in [-0.25, -0.2) is 0 Å². The van der Waals surface area contributed by atoms with Crippen molar-refractivity contribution >= 4 is 21.8 Å². The van der Waals surface area contributed by atoms with Crippen LogP contribution < -0.4 is 5.32 Å². The second kappa shape index (κ2) is 8.24. The second-order valence-electron chi connectivity index (χ2n) is 3.89. The molecule has 0 bridgehead atoms. The summed E-state index contributed by atoms with van der Waals surface area (Å²) in [5, 5.41) is 2.87. The molecular formula is C13H18BrNO3. The molecule has 0 saturated heterocycles. The number of nitrogens with one attached hydrogen (secondary N) is 1. The van der Waals surface area contributed by atoms with Crippen molar-refractivity contribution in [1.82, 2.24) is 5.32 Å². The summed E-state index contributed by atoms with van der Waals surface area (Å²) in [6, 6.07) is 7.81. The normalized spacial score (nSPS) is 12.2. The Balaban J connectivity index is 2.35. The molecule has 1 rings (SSSR count). The highest BCUT2D eigenvalue weighted by atomic mass is 79.9. The van der Waals surface area contributed by atoms with Crippen LogP contribution in [0.2, 0.25) is 0 Å². The first-order chi connectivity index (χ1) is 8.63. The van der Waals surface area contributed by atoms with E-state index in [1.165, 1.54) is 0 Å². The maximum Gasteiger partial charge on any atom is 0.246 e. The van der Waals surface area contributed by atoms with Crippen LogP contribution in [0.5, 0.6) is 0 Å². The SMILES string of the molecule is COCCOCC(=O)N[C@H](C)c1cccc(Br)c1. The molecule has 1 N–H and O–H groups in total. The Labute approximate surface area is 116 Å². The molecule has 1 amide bonds. The van der Waals surface area contributed by atoms with E-state index in [2.05, 4.69) is 21.2 Å². The molecule has 1 aromatic rings. The highest BCUT2D eigenvalue weighted by molar-refractivity contribution is 9.10. The Morgan fingerprint density at radius 1 is 1.44 bits per heavy atom. The maximum absolute atomic E-state index is 11.6. The lowest BCUT2D eigenvalue weighted by molar-refractivity contribution is -0.126. The van der Waals surface area contributed by atoms with E-state index in [1.807, 2.05) is 31.2 Å². The number of carbonyl (C=O) groups is 1. The first kappa shape index (κ1) is 15.1. The van der Waals surface area contributed by atoms with Crippen molar-refractivity contribution < 1.29 is 14.3 Å². The Kier molecular flexibility index (Phi) is 6.93. The zero-order chi connectivity index (χ0) is 13.4. The number of rotatable bonds is 7. The predicted molar refractivity (Wildman–Crippen MR) is 73.4 cm³/mol. The van der Waals surface area contributed by atoms with E-state index in [1.54, 1.807) is 7.11 Å². The topological polar surface area (TPSA) is 47.6 Å². The summed E-state index contributed by atoms with van der Waals surface area (Å²) in [7, 11) is 1.60. The number of benzene rings is 1. The van der Waals surface area contributed by atoms with Crippen LogP contribution in [0.3, 0.4) is 0 Å². The number of ether oxygens (including phenoxy) is 2. The Bertz CT molecular complexity index is 384. The molecular weight excluding hydrogens is 298 g/mol. The van der Waals surface area contributed by atoms with E-state index in [0.29, 0.717) is 13.2 Å². The van der Waals surface area contributed by atoms with Gasteiger partial charge in [0.15, 0.2) is 0 Å². The largest absolute Gasteiger partial charge is 0.382 e. The van der Waals surface area contributed by atoms with E-state index in [4.69, 9.17) is 9.47 Å². The van der Waals surface area contributed by atoms with Gasteiger partial charge in [-0.15, -0.1) is 0 Å². The van der Waals surface area contributed by atoms with Crippen molar-refractivity contribution in [3.63, 3.8) is 0 Å². The Morgan fingerprint density at radius 3 is 2.89 bits per heavy atom. The molecule has 4 nitrogen and oxygen atoms in total. The average Bonchev–Trinajstić information content (AvgIpc) is 2.34. The van der Waals surface area contributed by atoms with E-state index in [9.17, 15) is 4.79 Å². The van der Waals surface area contributed by atoms with Crippen LogP contribution in [-0.4, -0.2) is 32.8 Å². The zero-order valence-corrected chi connectivity index (χ0v) is 12.2. The van der Waals surface area contributed by atoms with Crippen molar-refractivity contribution in [2.45, 2.75) is 13.0 Å². The Hall–Kier alpha value is -0.910. The zero-order valence-electron chi connectivity index (χ0n) is 10.6. The summed E-state index contributed by atoms with van der Waals surface area (Å²) >= 11 is 3.40. The van der Waals surface area contributed by atoms with Gasteiger partial charge >= 0.3 is 0 Å². The van der Waals surface area contributed by atoms with Crippen molar-refractivity contribution in [2.24, 2.45) is 0 Å². The van der Waals surface area contributed by atoms with Gasteiger partial charge < -0.3 is 14.8 Å². The fourth-order valence-corrected chi connectivity index (χ4v) is 1.87. The summed E-state index contributed by atoms with van der Waals surface area (Å²) in [4.78, 5) is 11.6. The Morgan fingerprint density at radius 2 is 2.22 bits per heavy atom. The number of hydrogen-bond donors (Lipinski definition) is 1. The summed E-state index contributed by atoms with van der Waals surface area (Å²) < 4.78 is 11.0. The van der Waals surface area contributed by atoms with Gasteiger partial charge in [-0.2, -0.15) is 0 Å². The second-order valence-corrected chi connectivity index (χ2v) is 4.81. The molecule has 0 saturated carbocycles. The van der Waals surface area contributed by atoms with Crippen molar-refractivity contribution in [3.8, 4) is 0 Å². The summed E-state index contributed by atoms with van der Waals surface area (Å²) in [5.41, 5.74) is 1.05. The minimum Gasteiger partial charge on any atom is -0.382 e. The lowest BCUT2D eigenvalue weighted by Crippen LogP contribution is -2.30. The molecule has 0 unspecified atom stereocenters. The summed E-state index contributed by atoms with van der Waals surface area (Å²) in [6.07, 6.45) is 0. The lowest BCUT2D eigenvalue weighted by atomic mass is 10.1. The quantitative estimate of drug-likeness (QED) is 0.785. The fraction of sp³-hybridized carbons (Fsp3) is 0.462. The van der Waals surface area contributed by atoms with Gasteiger partial charge in [0.1, 0.15) is 6.61 Å². The predicted octanol–water partition coefficient (Wildman–Crippen LogP) is 2.29. The van der Waals surface area contributed by atoms with Crippen molar-refractivity contribution in [2.75, 3.05) is 26.9 Å². The van der Waals surface area contributed by atoms with Crippen LogP contribution in [0.1, 0.15) is 18.5 Å². The number of hydrogen-bond acceptors (Lipinski definition) is 3. The highest BCUT2D eigenvalue weighted by Gasteiger charge is 2.09. The summed E-state index contributed by atoms with van der Waals surface area (Å²) in [6.45, 7) is 2.92. The monoisotopic (exact) mass is 315 g/mol. The molecule has 0 aliphatic carbocycles. The van der Waals surface area contributed by atoms with Gasteiger partial charge in [0.25, 0.3) is 0 Å². The molecule has 0 aliphatic heterocycles. The molecule has 1 atom stereocenters. The van der Waals surface area contributed by atoms with Gasteiger partial charge in [-0.05, 0) is 24.6 Å². The molecule has 100 valence electrons. The van der Waals surface area contributed by atoms with Crippen molar-refractivity contribution in [3.05, 3.63) is 34.3 Å². The molecule has 0 heterocycles. The van der Waals surface area contributed by atoms with E-state index < -0.39 is 0 Å². The van der Waals surface area contributed by atoms with Gasteiger partial charge in [0.2, 0.25) is 5.91 Å². The van der Waals surface area contributed by atoms with Crippen molar-refractivity contribution in [1.29, 1.82) is 0 Å². The van der Waals surface area contributed by atoms with Crippen LogP contribution in [0.15, 0.2) is 28.7 Å². The fourth-order valence-electron chi connectivity index (χ4n) is 1.45. The molecule has 1 aromatic carbocycles. The molecule has 0 fully saturated rings. The number of halogens is 1. The number of methoxy groups -OCH3 is 1. The standard InChI is InChI=1S/C13H18BrNO3/c1-10(11-4-3-5-12(14)8-11)15-13(16)9-18-7-6-17-2/h3-5,8,10H,6-7,9H2,1-2H3,(H,15,16)/t10-/m1/s1. The molecule has 18 heavy (non-hydrogen) atoms. The maximum atomic E-state index is 11.6. The van der Waals surface area contributed by atoms with E-state index in [-0.39, 0.29) is 18.6 Å². The van der Waals surface area contributed by atoms with Gasteiger partial charge in [-0.1, -0.05) is 28.1 Å². The van der Waals surface area contributed by atoms with Crippen LogP contribution >= 0.6 is 15.9 Å². The first-order valence-corrected chi connectivity index (χ1v) is 6.54. The van der Waals surface area contributed by atoms with E-state index in [0.717, 1.165) is 10.0 Å². The summed E-state index contributed by atoms with van der Waals surface area (Å²) in [5.74, 6) is -0.126. The smallest absolute Gasteiger partial charge is 0.246 e. The third kappa shape index (κ3) is 5.62. The number of amides is 1. The van der Waals surface area contributed by atoms with Gasteiger partial charge in [-0.3, -0.25) is 4.79 Å². The molecule has 0 aliphatic rings. The minimum atomic E-state index is -0.126. The number of carbonyl (C=O) groups excluding carboxylic acids is 1. The molecule has 5 heteroatoms. The molecule has 0 aromatic heterocycles. The van der Waals surface area contributed by atoms with Crippen LogP contribution in [0, 0.1) is 0 Å². The van der Waals surface area contributed by atoms with Crippen LogP contribution in [-0.2, 0) is 14.3 Å². The van der Waals surface area contributed by atoms with Gasteiger partial charge in [0.05, 0.1) is 19.3 Å². The third-order valence-electron chi connectivity index (χ3n) is 2.39. The molecule has 0 radical (unpaired) electrons. The lowest BCUT2D eigenvalue weighted by Gasteiger charge is -2.14. The van der Waals surface area contributed by atoms with Crippen LogP contribution in [0.4, 0.5) is 0 Å². The average molecular weight is 316 g/mol. The third-order valence-corrected chi connectivity index (χ3v) is 2.88. The van der Waals surface area contributed by atoms with E-state index >= 15 is 0 Å².